The number of hydrogen-bond donors (Lipinski definition) is 0. The van der Waals surface area contributed by atoms with Gasteiger partial charge in [-0.25, -0.2) is 0 Å². The van der Waals surface area contributed by atoms with Crippen LogP contribution in [0.4, 0.5) is 8.78 Å². The maximum absolute atomic E-state index is 12.3. The third kappa shape index (κ3) is 2.43. The lowest BCUT2D eigenvalue weighted by atomic mass is 10.2. The van der Waals surface area contributed by atoms with Crippen LogP contribution in [0.2, 0.25) is 5.02 Å². The highest BCUT2D eigenvalue weighted by Gasteiger charge is 2.17. The molecule has 0 saturated heterocycles. The first-order valence-electron chi connectivity index (χ1n) is 5.24. The van der Waals surface area contributed by atoms with Gasteiger partial charge >= 0.3 is 6.61 Å². The van der Waals surface area contributed by atoms with Crippen molar-refractivity contribution in [2.45, 2.75) is 20.1 Å². The second-order valence-corrected chi connectivity index (χ2v) is 3.81. The van der Waals surface area contributed by atoms with Crippen molar-refractivity contribution in [1.29, 1.82) is 0 Å². The second kappa shape index (κ2) is 5.30. The number of aryl methyl sites for hydroxylation is 1. The van der Waals surface area contributed by atoms with Gasteiger partial charge in [0, 0.05) is 18.9 Å². The van der Waals surface area contributed by atoms with E-state index in [0.29, 0.717) is 22.8 Å². The van der Waals surface area contributed by atoms with Crippen molar-refractivity contribution < 1.29 is 13.5 Å². The highest BCUT2D eigenvalue weighted by Crippen LogP contribution is 2.34. The molecule has 96 valence electrons. The van der Waals surface area contributed by atoms with E-state index >= 15 is 0 Å². The van der Waals surface area contributed by atoms with Crippen LogP contribution in [0.1, 0.15) is 6.92 Å². The monoisotopic (exact) mass is 273 g/mol. The summed E-state index contributed by atoms with van der Waals surface area (Å²) in [5, 5.41) is 4.41. The van der Waals surface area contributed by atoms with Crippen LogP contribution in [-0.2, 0) is 6.54 Å². The molecule has 2 aromatic rings. The lowest BCUT2D eigenvalue weighted by molar-refractivity contribution is -0.0495. The molecule has 0 aromatic carbocycles. The first-order valence-corrected chi connectivity index (χ1v) is 5.61. The number of alkyl halides is 2. The molecular formula is C11H10ClF2N3O. The summed E-state index contributed by atoms with van der Waals surface area (Å²) in [5.41, 5.74) is 0.907. The predicted octanol–water partition coefficient (Wildman–Crippen LogP) is 3.22. The van der Waals surface area contributed by atoms with E-state index in [2.05, 4.69) is 14.8 Å². The van der Waals surface area contributed by atoms with Crippen LogP contribution in [0.15, 0.2) is 24.7 Å². The van der Waals surface area contributed by atoms with E-state index in [4.69, 9.17) is 11.6 Å². The van der Waals surface area contributed by atoms with E-state index in [1.165, 1.54) is 24.7 Å². The molecule has 2 heterocycles. The van der Waals surface area contributed by atoms with Gasteiger partial charge in [0.1, 0.15) is 5.75 Å². The Labute approximate surface area is 107 Å². The largest absolute Gasteiger partial charge is 0.434 e. The molecule has 0 atom stereocenters. The summed E-state index contributed by atoms with van der Waals surface area (Å²) in [4.78, 5) is 3.90. The summed E-state index contributed by atoms with van der Waals surface area (Å²) in [5.74, 6) is 0.0251. The maximum Gasteiger partial charge on any atom is 0.387 e. The molecule has 0 fully saturated rings. The normalized spacial score (nSPS) is 10.9. The van der Waals surface area contributed by atoms with Crippen LogP contribution in [0.25, 0.3) is 11.3 Å². The highest BCUT2D eigenvalue weighted by atomic mass is 35.5. The molecule has 2 aromatic heterocycles. The molecular weight excluding hydrogens is 264 g/mol. The fourth-order valence-electron chi connectivity index (χ4n) is 1.63. The Bertz CT molecular complexity index is 545. The summed E-state index contributed by atoms with van der Waals surface area (Å²) in [6, 6.07) is 1.37. The molecule has 7 heteroatoms. The van der Waals surface area contributed by atoms with Gasteiger partial charge in [0.05, 0.1) is 22.5 Å². The minimum atomic E-state index is -2.90. The number of hydrogen-bond acceptors (Lipinski definition) is 3. The van der Waals surface area contributed by atoms with Crippen LogP contribution in [0.3, 0.4) is 0 Å². The number of ether oxygens (including phenoxy) is 1. The lowest BCUT2D eigenvalue weighted by Gasteiger charge is -2.11. The molecule has 0 N–H and O–H groups in total. The molecule has 0 bridgehead atoms. The summed E-state index contributed by atoms with van der Waals surface area (Å²) < 4.78 is 30.7. The van der Waals surface area contributed by atoms with E-state index in [1.54, 1.807) is 4.68 Å². The molecule has 0 aliphatic rings. The number of pyridine rings is 1. The molecule has 4 nitrogen and oxygen atoms in total. The van der Waals surface area contributed by atoms with Gasteiger partial charge in [-0.3, -0.25) is 9.67 Å². The van der Waals surface area contributed by atoms with Gasteiger partial charge in [-0.2, -0.15) is 13.9 Å². The van der Waals surface area contributed by atoms with E-state index < -0.39 is 6.61 Å². The Morgan fingerprint density at radius 3 is 2.89 bits per heavy atom. The third-order valence-electron chi connectivity index (χ3n) is 2.35. The maximum atomic E-state index is 12.3. The fraction of sp³-hybridized carbons (Fsp3) is 0.273. The molecule has 18 heavy (non-hydrogen) atoms. The number of aromatic nitrogens is 3. The number of rotatable bonds is 4. The summed E-state index contributed by atoms with van der Waals surface area (Å²) in [6.07, 6.45) is 4.26. The molecule has 0 saturated carbocycles. The molecule has 0 radical (unpaired) electrons. The van der Waals surface area contributed by atoms with Crippen molar-refractivity contribution in [3.8, 4) is 17.0 Å². The molecule has 0 amide bonds. The van der Waals surface area contributed by atoms with Crippen LogP contribution in [0, 0.1) is 0 Å². The minimum absolute atomic E-state index is 0.0251. The average molecular weight is 274 g/mol. The first-order chi connectivity index (χ1) is 8.63. The second-order valence-electron chi connectivity index (χ2n) is 3.41. The van der Waals surface area contributed by atoms with Gasteiger partial charge in [-0.1, -0.05) is 11.6 Å². The van der Waals surface area contributed by atoms with Gasteiger partial charge in [-0.05, 0) is 13.0 Å². The van der Waals surface area contributed by atoms with Crippen molar-refractivity contribution in [3.63, 3.8) is 0 Å². The molecule has 2 rings (SSSR count). The third-order valence-corrected chi connectivity index (χ3v) is 2.62. The van der Waals surface area contributed by atoms with E-state index in [1.807, 2.05) is 6.92 Å². The fourth-order valence-corrected chi connectivity index (χ4v) is 1.87. The van der Waals surface area contributed by atoms with E-state index in [0.717, 1.165) is 0 Å². The zero-order valence-electron chi connectivity index (χ0n) is 9.48. The van der Waals surface area contributed by atoms with Crippen molar-refractivity contribution in [1.82, 2.24) is 14.8 Å². The van der Waals surface area contributed by atoms with Gasteiger partial charge in [0.2, 0.25) is 0 Å². The summed E-state index contributed by atoms with van der Waals surface area (Å²) in [7, 11) is 0. The Morgan fingerprint density at radius 1 is 1.44 bits per heavy atom. The van der Waals surface area contributed by atoms with E-state index in [-0.39, 0.29) is 5.75 Å². The first kappa shape index (κ1) is 12.8. The van der Waals surface area contributed by atoms with Crippen molar-refractivity contribution in [3.05, 3.63) is 29.7 Å². The lowest BCUT2D eigenvalue weighted by Crippen LogP contribution is -2.05. The molecule has 0 spiro atoms. The van der Waals surface area contributed by atoms with Crippen LogP contribution >= 0.6 is 11.6 Å². The average Bonchev–Trinajstić information content (AvgIpc) is 2.70. The van der Waals surface area contributed by atoms with E-state index in [9.17, 15) is 8.78 Å². The van der Waals surface area contributed by atoms with Crippen molar-refractivity contribution >= 4 is 11.6 Å². The van der Waals surface area contributed by atoms with Gasteiger partial charge in [0.25, 0.3) is 0 Å². The molecule has 0 unspecified atom stereocenters. The Hall–Kier alpha value is -1.69. The molecule has 0 aliphatic carbocycles. The smallest absolute Gasteiger partial charge is 0.387 e. The summed E-state index contributed by atoms with van der Waals surface area (Å²) >= 11 is 6.01. The van der Waals surface area contributed by atoms with Gasteiger partial charge in [0.15, 0.2) is 0 Å². The van der Waals surface area contributed by atoms with Gasteiger partial charge < -0.3 is 4.74 Å². The molecule has 0 aliphatic heterocycles. The van der Waals surface area contributed by atoms with Crippen LogP contribution in [0.5, 0.6) is 5.75 Å². The van der Waals surface area contributed by atoms with Crippen LogP contribution in [-0.4, -0.2) is 21.4 Å². The Morgan fingerprint density at radius 2 is 2.22 bits per heavy atom. The van der Waals surface area contributed by atoms with Gasteiger partial charge in [-0.15, -0.1) is 0 Å². The van der Waals surface area contributed by atoms with Crippen molar-refractivity contribution in [2.24, 2.45) is 0 Å². The predicted molar refractivity (Wildman–Crippen MR) is 62.8 cm³/mol. The zero-order chi connectivity index (χ0) is 13.1. The highest BCUT2D eigenvalue weighted by molar-refractivity contribution is 6.33. The Balaban J connectivity index is 2.52. The quantitative estimate of drug-likeness (QED) is 0.859. The zero-order valence-corrected chi connectivity index (χ0v) is 10.2. The van der Waals surface area contributed by atoms with Crippen LogP contribution < -0.4 is 4.74 Å². The number of nitrogens with zero attached hydrogens (tertiary/aromatic N) is 3. The topological polar surface area (TPSA) is 39.9 Å². The Kier molecular flexibility index (Phi) is 3.76. The van der Waals surface area contributed by atoms with Crippen molar-refractivity contribution in [2.75, 3.05) is 0 Å². The minimum Gasteiger partial charge on any atom is -0.434 e. The summed E-state index contributed by atoms with van der Waals surface area (Å²) in [6.45, 7) is -0.468. The SMILES string of the molecule is CCn1ncc(Cl)c1-c1cnccc1OC(F)F. The standard InChI is InChI=1S/C11H10ClF2N3O/c1-2-17-10(8(12)6-16-17)7-5-15-4-3-9(7)18-11(13)14/h3-6,11H,2H2,1H3. The number of halogens is 3.